The van der Waals surface area contributed by atoms with Gasteiger partial charge >= 0.3 is 0 Å². The number of para-hydroxylation sites is 1. The van der Waals surface area contributed by atoms with Gasteiger partial charge in [0.1, 0.15) is 0 Å². The van der Waals surface area contributed by atoms with Gasteiger partial charge in [0.15, 0.2) is 0 Å². The van der Waals surface area contributed by atoms with Crippen molar-refractivity contribution in [3.63, 3.8) is 0 Å². The first kappa shape index (κ1) is 17.8. The topological polar surface area (TPSA) is 41.6 Å². The van der Waals surface area contributed by atoms with E-state index in [0.29, 0.717) is 38.1 Å². The highest BCUT2D eigenvalue weighted by atomic mass is 35.5. The van der Waals surface area contributed by atoms with Crippen molar-refractivity contribution in [3.8, 4) is 0 Å². The van der Waals surface area contributed by atoms with Crippen LogP contribution >= 0.6 is 11.6 Å². The second kappa shape index (κ2) is 7.26. The lowest BCUT2D eigenvalue weighted by Gasteiger charge is -2.39. The van der Waals surface area contributed by atoms with Crippen LogP contribution in [0.5, 0.6) is 0 Å². The van der Waals surface area contributed by atoms with E-state index in [4.69, 9.17) is 16.3 Å². The van der Waals surface area contributed by atoms with E-state index in [1.165, 1.54) is 5.56 Å². The van der Waals surface area contributed by atoms with Crippen LogP contribution in [0.2, 0.25) is 5.02 Å². The molecule has 2 aliphatic heterocycles. The van der Waals surface area contributed by atoms with Crippen molar-refractivity contribution < 1.29 is 9.53 Å². The SMILES string of the molecule is O=C(c1cccc2c1NC(c1ccccc1Cl)C1CC=CC21)N1CCOCC1. The number of hydrogen-bond acceptors (Lipinski definition) is 3. The van der Waals surface area contributed by atoms with Crippen LogP contribution < -0.4 is 5.32 Å². The molecule has 0 radical (unpaired) electrons. The van der Waals surface area contributed by atoms with Gasteiger partial charge in [-0.05, 0) is 35.6 Å². The number of nitrogens with zero attached hydrogens (tertiary/aromatic N) is 1. The first-order chi connectivity index (χ1) is 13.7. The number of fused-ring (bicyclic) bond motifs is 3. The average molecular weight is 395 g/mol. The van der Waals surface area contributed by atoms with Crippen LogP contribution in [0.1, 0.15) is 39.9 Å². The van der Waals surface area contributed by atoms with Gasteiger partial charge in [0.2, 0.25) is 0 Å². The van der Waals surface area contributed by atoms with Gasteiger partial charge in [-0.25, -0.2) is 0 Å². The summed E-state index contributed by atoms with van der Waals surface area (Å²) in [6, 6.07) is 14.2. The first-order valence-corrected chi connectivity index (χ1v) is 10.3. The van der Waals surface area contributed by atoms with Gasteiger partial charge in [-0.1, -0.05) is 54.1 Å². The fraction of sp³-hybridized carbons (Fsp3) is 0.348. The largest absolute Gasteiger partial charge is 0.378 e. The predicted molar refractivity (Wildman–Crippen MR) is 111 cm³/mol. The Morgan fingerprint density at radius 1 is 1.07 bits per heavy atom. The Balaban J connectivity index is 1.57. The van der Waals surface area contributed by atoms with Crippen molar-refractivity contribution in [1.82, 2.24) is 4.90 Å². The number of amides is 1. The Hall–Kier alpha value is -2.30. The maximum Gasteiger partial charge on any atom is 0.256 e. The molecule has 1 amide bonds. The van der Waals surface area contributed by atoms with Gasteiger partial charge in [0.25, 0.3) is 5.91 Å². The molecular weight excluding hydrogens is 372 g/mol. The number of morpholine rings is 1. The molecule has 1 N–H and O–H groups in total. The van der Waals surface area contributed by atoms with Crippen molar-refractivity contribution >= 4 is 23.2 Å². The number of rotatable bonds is 2. The molecule has 2 aromatic rings. The van der Waals surface area contributed by atoms with E-state index >= 15 is 0 Å². The van der Waals surface area contributed by atoms with Crippen molar-refractivity contribution in [2.45, 2.75) is 18.4 Å². The number of ether oxygens (including phenoxy) is 1. The number of carbonyl (C=O) groups excluding carboxylic acids is 1. The van der Waals surface area contributed by atoms with Crippen LogP contribution in [0.25, 0.3) is 0 Å². The van der Waals surface area contributed by atoms with Crippen molar-refractivity contribution in [2.24, 2.45) is 5.92 Å². The molecule has 5 rings (SSSR count). The smallest absolute Gasteiger partial charge is 0.256 e. The number of nitrogens with one attached hydrogen (secondary N) is 1. The number of allylic oxidation sites excluding steroid dienone is 2. The van der Waals surface area contributed by atoms with Crippen LogP contribution in [0.4, 0.5) is 5.69 Å². The molecule has 4 nitrogen and oxygen atoms in total. The molecule has 1 saturated heterocycles. The summed E-state index contributed by atoms with van der Waals surface area (Å²) in [5.74, 6) is 0.780. The Morgan fingerprint density at radius 3 is 2.68 bits per heavy atom. The molecule has 0 aromatic heterocycles. The average Bonchev–Trinajstić information content (AvgIpc) is 3.24. The van der Waals surface area contributed by atoms with Crippen LogP contribution in [-0.4, -0.2) is 37.1 Å². The zero-order valence-electron chi connectivity index (χ0n) is 15.6. The van der Waals surface area contributed by atoms with E-state index in [9.17, 15) is 4.79 Å². The second-order valence-corrected chi connectivity index (χ2v) is 8.08. The molecule has 3 atom stereocenters. The minimum atomic E-state index is 0.0750. The van der Waals surface area contributed by atoms with Crippen LogP contribution in [0.3, 0.4) is 0 Å². The summed E-state index contributed by atoms with van der Waals surface area (Å²) in [6.07, 6.45) is 5.55. The van der Waals surface area contributed by atoms with Gasteiger partial charge in [-0.2, -0.15) is 0 Å². The molecule has 0 saturated carbocycles. The van der Waals surface area contributed by atoms with Gasteiger partial charge < -0.3 is 15.0 Å². The lowest BCUT2D eigenvalue weighted by Crippen LogP contribution is -2.41. The highest BCUT2D eigenvalue weighted by molar-refractivity contribution is 6.31. The minimum Gasteiger partial charge on any atom is -0.378 e. The number of hydrogen-bond donors (Lipinski definition) is 1. The number of halogens is 1. The molecule has 28 heavy (non-hydrogen) atoms. The number of carbonyl (C=O) groups is 1. The first-order valence-electron chi connectivity index (χ1n) is 9.91. The van der Waals surface area contributed by atoms with Crippen LogP contribution in [-0.2, 0) is 4.74 Å². The van der Waals surface area contributed by atoms with Crippen molar-refractivity contribution in [1.29, 1.82) is 0 Å². The third-order valence-electron chi connectivity index (χ3n) is 6.17. The highest BCUT2D eigenvalue weighted by Gasteiger charge is 2.40. The number of anilines is 1. The van der Waals surface area contributed by atoms with E-state index < -0.39 is 0 Å². The molecule has 1 aliphatic carbocycles. The normalized spacial score (nSPS) is 25.8. The highest BCUT2D eigenvalue weighted by Crippen LogP contribution is 2.51. The summed E-state index contributed by atoms with van der Waals surface area (Å²) < 4.78 is 5.41. The zero-order valence-corrected chi connectivity index (χ0v) is 16.4. The molecule has 2 heterocycles. The Morgan fingerprint density at radius 2 is 1.86 bits per heavy atom. The van der Waals surface area contributed by atoms with Gasteiger partial charge in [0, 0.05) is 24.0 Å². The lowest BCUT2D eigenvalue weighted by atomic mass is 9.76. The fourth-order valence-electron chi connectivity index (χ4n) is 4.77. The fourth-order valence-corrected chi connectivity index (χ4v) is 5.02. The number of benzene rings is 2. The van der Waals surface area contributed by atoms with E-state index in [1.807, 2.05) is 35.2 Å². The minimum absolute atomic E-state index is 0.0750. The Bertz CT molecular complexity index is 936. The molecule has 1 fully saturated rings. The maximum atomic E-state index is 13.3. The Labute approximate surface area is 170 Å². The quantitative estimate of drug-likeness (QED) is 0.754. The summed E-state index contributed by atoms with van der Waals surface area (Å²) in [7, 11) is 0. The summed E-state index contributed by atoms with van der Waals surface area (Å²) in [5, 5.41) is 4.48. The second-order valence-electron chi connectivity index (χ2n) is 7.67. The summed E-state index contributed by atoms with van der Waals surface area (Å²) in [4.78, 5) is 15.2. The molecular formula is C23H23ClN2O2. The van der Waals surface area contributed by atoms with Gasteiger partial charge in [-0.15, -0.1) is 0 Å². The van der Waals surface area contributed by atoms with E-state index in [1.54, 1.807) is 0 Å². The van der Waals surface area contributed by atoms with Crippen molar-refractivity contribution in [3.05, 3.63) is 76.3 Å². The molecule has 5 heteroatoms. The third-order valence-corrected chi connectivity index (χ3v) is 6.51. The van der Waals surface area contributed by atoms with Gasteiger partial charge in [-0.3, -0.25) is 4.79 Å². The summed E-state index contributed by atoms with van der Waals surface area (Å²) in [5.41, 5.74) is 4.01. The molecule has 3 unspecified atom stereocenters. The molecule has 0 bridgehead atoms. The summed E-state index contributed by atoms with van der Waals surface area (Å²) >= 11 is 6.55. The standard InChI is InChI=1S/C23H23ClN2O2/c24-20-10-2-1-5-18(20)21-16-7-3-6-15(16)17-8-4-9-19(22(17)25-21)23(27)26-11-13-28-14-12-26/h1-6,8-10,15-16,21,25H,7,11-14H2. The lowest BCUT2D eigenvalue weighted by molar-refractivity contribution is 0.0303. The predicted octanol–water partition coefficient (Wildman–Crippen LogP) is 4.64. The van der Waals surface area contributed by atoms with Crippen LogP contribution in [0, 0.1) is 5.92 Å². The van der Waals surface area contributed by atoms with Crippen molar-refractivity contribution in [2.75, 3.05) is 31.6 Å². The maximum absolute atomic E-state index is 13.3. The van der Waals surface area contributed by atoms with E-state index in [-0.39, 0.29) is 11.9 Å². The Kier molecular flexibility index (Phi) is 4.61. The molecule has 144 valence electrons. The molecule has 3 aliphatic rings. The van der Waals surface area contributed by atoms with Gasteiger partial charge in [0.05, 0.1) is 30.5 Å². The zero-order chi connectivity index (χ0) is 19.1. The third kappa shape index (κ3) is 2.92. The van der Waals surface area contributed by atoms with Crippen LogP contribution in [0.15, 0.2) is 54.6 Å². The molecule has 2 aromatic carbocycles. The molecule has 0 spiro atoms. The summed E-state index contributed by atoms with van der Waals surface area (Å²) in [6.45, 7) is 2.48. The van der Waals surface area contributed by atoms with E-state index in [2.05, 4.69) is 29.6 Å². The monoisotopic (exact) mass is 394 g/mol. The van der Waals surface area contributed by atoms with E-state index in [0.717, 1.165) is 28.3 Å².